The van der Waals surface area contributed by atoms with Crippen molar-refractivity contribution < 1.29 is 0 Å². The van der Waals surface area contributed by atoms with Gasteiger partial charge in [0, 0.05) is 85.4 Å². The molecule has 0 aliphatic rings. The van der Waals surface area contributed by atoms with E-state index >= 15 is 0 Å². The number of fused-ring (bicyclic) bond motifs is 18. The maximum Gasteiger partial charge on any atom is 0.0640 e. The molecule has 6 heteroatoms. The molecule has 23 rings (SSSR count). The van der Waals surface area contributed by atoms with Crippen molar-refractivity contribution in [3.63, 3.8) is 0 Å². The Morgan fingerprint density at radius 3 is 0.833 bits per heavy atom. The average molecular weight is 1410 g/mol. The Hall–Kier alpha value is -13.6. The monoisotopic (exact) mass is 1410 g/mol. The van der Waals surface area contributed by atoms with E-state index in [0.29, 0.717) is 0 Å². The maximum atomic E-state index is 2.51. The smallest absolute Gasteiger partial charge is 0.0640 e. The molecule has 0 fully saturated rings. The van der Waals surface area contributed by atoms with Crippen LogP contribution >= 0.6 is 22.7 Å². The van der Waals surface area contributed by atoms with Gasteiger partial charge in [-0.15, -0.1) is 22.7 Å². The Labute approximate surface area is 630 Å². The highest BCUT2D eigenvalue weighted by molar-refractivity contribution is 7.27. The van der Waals surface area contributed by atoms with Crippen molar-refractivity contribution in [3.05, 3.63) is 388 Å². The fraction of sp³-hybridized carbons (Fsp3) is 0. The highest BCUT2D eigenvalue weighted by atomic mass is 32.1. The molecular weight excluding hydrogens is 1350 g/mol. The van der Waals surface area contributed by atoms with Gasteiger partial charge in [-0.05, 0) is 141 Å². The lowest BCUT2D eigenvalue weighted by Crippen LogP contribution is -1.95. The molecular formula is C102H64N4S2. The molecule has 17 aromatic carbocycles. The highest BCUT2D eigenvalue weighted by Gasteiger charge is 2.25. The first-order chi connectivity index (χ1) is 53.6. The summed E-state index contributed by atoms with van der Waals surface area (Å²) in [6.07, 6.45) is 0. The molecule has 0 amide bonds. The molecule has 6 heterocycles. The third-order valence-electron chi connectivity index (χ3n) is 22.3. The summed E-state index contributed by atoms with van der Waals surface area (Å²) in [4.78, 5) is 0. The van der Waals surface area contributed by atoms with Crippen LogP contribution in [0.4, 0.5) is 0 Å². The van der Waals surface area contributed by atoms with E-state index in [0.717, 1.165) is 11.4 Å². The van der Waals surface area contributed by atoms with Gasteiger partial charge in [-0.25, -0.2) is 0 Å². The zero-order valence-corrected chi connectivity index (χ0v) is 60.2. The first-order valence-corrected chi connectivity index (χ1v) is 38.6. The number of rotatable bonds is 9. The lowest BCUT2D eigenvalue weighted by molar-refractivity contribution is 1.18. The molecule has 0 aliphatic heterocycles. The normalized spacial score (nSPS) is 11.9. The minimum Gasteiger partial charge on any atom is -0.309 e. The van der Waals surface area contributed by atoms with Crippen LogP contribution < -0.4 is 0 Å². The molecule has 0 atom stereocenters. The van der Waals surface area contributed by atoms with Crippen LogP contribution in [0.5, 0.6) is 0 Å². The van der Waals surface area contributed by atoms with Crippen molar-refractivity contribution in [2.75, 3.05) is 0 Å². The SMILES string of the molecule is c1ccc(-c2ccc(-c3cccc(-n4c5ccccc5c5cc6c(cc54)c4ccccc4n6-c4cccc5c4sc4c(-c6ccccc6)cccc45)c3)cc2)cc1.c1ccc(-c2ccc(-n3c4ccccc4c4cc5c(cc43)c3ccccc3n5-c3cccc4c3sc3c(-c5ccccc5)cccc34)cc2)cc1. The van der Waals surface area contributed by atoms with E-state index in [1.807, 2.05) is 22.7 Å². The van der Waals surface area contributed by atoms with Gasteiger partial charge in [-0.2, -0.15) is 0 Å². The lowest BCUT2D eigenvalue weighted by Gasteiger charge is -2.12. The summed E-state index contributed by atoms with van der Waals surface area (Å²) in [6.45, 7) is 0. The fourth-order valence-electron chi connectivity index (χ4n) is 17.3. The van der Waals surface area contributed by atoms with E-state index in [9.17, 15) is 0 Å². The Bertz CT molecular complexity index is 7500. The number of para-hydroxylation sites is 4. The fourth-order valence-corrected chi connectivity index (χ4v) is 20.0. The van der Waals surface area contributed by atoms with Gasteiger partial charge >= 0.3 is 0 Å². The molecule has 0 saturated heterocycles. The molecule has 23 aromatic rings. The molecule has 0 radical (unpaired) electrons. The van der Waals surface area contributed by atoms with E-state index in [4.69, 9.17) is 0 Å². The molecule has 0 saturated carbocycles. The van der Waals surface area contributed by atoms with E-state index in [1.54, 1.807) is 0 Å². The second-order valence-electron chi connectivity index (χ2n) is 28.2. The van der Waals surface area contributed by atoms with Gasteiger partial charge < -0.3 is 18.3 Å². The predicted molar refractivity (Wildman–Crippen MR) is 463 cm³/mol. The summed E-state index contributed by atoms with van der Waals surface area (Å²) in [5.74, 6) is 0. The first-order valence-electron chi connectivity index (χ1n) is 37.0. The van der Waals surface area contributed by atoms with Crippen molar-refractivity contribution in [3.8, 4) is 78.4 Å². The molecule has 0 spiro atoms. The van der Waals surface area contributed by atoms with Crippen LogP contribution in [0, 0.1) is 0 Å². The third kappa shape index (κ3) is 9.81. The Morgan fingerprint density at radius 2 is 0.426 bits per heavy atom. The molecule has 0 unspecified atom stereocenters. The number of nitrogens with zero attached hydrogens (tertiary/aromatic N) is 4. The Balaban J connectivity index is 0.000000135. The van der Waals surface area contributed by atoms with Crippen molar-refractivity contribution in [1.29, 1.82) is 0 Å². The zero-order chi connectivity index (χ0) is 70.9. The number of hydrogen-bond donors (Lipinski definition) is 0. The van der Waals surface area contributed by atoms with Crippen molar-refractivity contribution in [2.45, 2.75) is 0 Å². The van der Waals surface area contributed by atoms with Gasteiger partial charge in [0.1, 0.15) is 0 Å². The van der Waals surface area contributed by atoms with Crippen molar-refractivity contribution in [1.82, 2.24) is 18.3 Å². The van der Waals surface area contributed by atoms with Crippen LogP contribution in [0.2, 0.25) is 0 Å². The third-order valence-corrected chi connectivity index (χ3v) is 24.8. The van der Waals surface area contributed by atoms with Crippen LogP contribution in [-0.2, 0) is 0 Å². The Kier molecular flexibility index (Phi) is 14.3. The minimum atomic E-state index is 1.15. The van der Waals surface area contributed by atoms with Crippen LogP contribution in [0.15, 0.2) is 388 Å². The van der Waals surface area contributed by atoms with E-state index < -0.39 is 0 Å². The number of hydrogen-bond acceptors (Lipinski definition) is 2. The number of thiophene rings is 2. The number of benzene rings is 17. The predicted octanol–water partition coefficient (Wildman–Crippen LogP) is 28.8. The van der Waals surface area contributed by atoms with Gasteiger partial charge in [-0.1, -0.05) is 303 Å². The Morgan fingerprint density at radius 1 is 0.148 bits per heavy atom. The molecule has 4 nitrogen and oxygen atoms in total. The zero-order valence-electron chi connectivity index (χ0n) is 58.6. The largest absolute Gasteiger partial charge is 0.309 e. The summed E-state index contributed by atoms with van der Waals surface area (Å²) in [5, 5.41) is 15.2. The lowest BCUT2D eigenvalue weighted by atomic mass is 10.00. The molecule has 108 heavy (non-hydrogen) atoms. The second kappa shape index (κ2) is 25.0. The summed E-state index contributed by atoms with van der Waals surface area (Å²) in [5.41, 5.74) is 26.8. The molecule has 504 valence electrons. The van der Waals surface area contributed by atoms with Crippen LogP contribution in [0.3, 0.4) is 0 Å². The van der Waals surface area contributed by atoms with E-state index in [1.165, 1.54) is 195 Å². The summed E-state index contributed by atoms with van der Waals surface area (Å²) >= 11 is 3.81. The summed E-state index contributed by atoms with van der Waals surface area (Å²) < 4.78 is 15.2. The van der Waals surface area contributed by atoms with Crippen molar-refractivity contribution in [2.24, 2.45) is 0 Å². The minimum absolute atomic E-state index is 1.15. The highest BCUT2D eigenvalue weighted by Crippen LogP contribution is 2.49. The van der Waals surface area contributed by atoms with Gasteiger partial charge in [0.05, 0.1) is 64.9 Å². The summed E-state index contributed by atoms with van der Waals surface area (Å²) in [7, 11) is 0. The average Bonchev–Trinajstić information content (AvgIpc) is 1.55. The number of aromatic nitrogens is 4. The quantitative estimate of drug-likeness (QED) is 0.137. The van der Waals surface area contributed by atoms with Gasteiger partial charge in [0.25, 0.3) is 0 Å². The maximum absolute atomic E-state index is 2.51. The van der Waals surface area contributed by atoms with Crippen LogP contribution in [0.1, 0.15) is 0 Å². The summed E-state index contributed by atoms with van der Waals surface area (Å²) in [6, 6.07) is 142. The van der Waals surface area contributed by atoms with Crippen LogP contribution in [0.25, 0.3) is 206 Å². The van der Waals surface area contributed by atoms with Gasteiger partial charge in [-0.3, -0.25) is 0 Å². The second-order valence-corrected chi connectivity index (χ2v) is 30.2. The topological polar surface area (TPSA) is 19.7 Å². The van der Waals surface area contributed by atoms with E-state index in [-0.39, 0.29) is 0 Å². The molecule has 0 bridgehead atoms. The molecule has 6 aromatic heterocycles. The molecule has 0 aliphatic carbocycles. The van der Waals surface area contributed by atoms with E-state index in [2.05, 4.69) is 407 Å². The first kappa shape index (κ1) is 61.8. The van der Waals surface area contributed by atoms with Gasteiger partial charge in [0.2, 0.25) is 0 Å². The van der Waals surface area contributed by atoms with Gasteiger partial charge in [0.15, 0.2) is 0 Å². The molecule has 0 N–H and O–H groups in total. The van der Waals surface area contributed by atoms with Crippen molar-refractivity contribution >= 4 is 150 Å². The van der Waals surface area contributed by atoms with Crippen LogP contribution in [-0.4, -0.2) is 18.3 Å². The standard InChI is InChI=1S/C54H34N2S.C48H30N2S/c1-3-14-35(15-4-1)36-28-30-37(31-29-36)39-18-11-19-40(32-39)55-48-25-9-7-20-42(48)46-34-52-47(33-51(46)55)43-21-8-10-26-49(43)56(52)50-27-13-24-45-44-23-12-22-41(53(44)57-54(45)50)38-16-5-2-6-17-38;1-3-13-31(14-4-1)32-25-27-34(28-26-32)49-42-22-9-7-17-36(42)40-30-46-41(29-45(40)49)37-18-8-10-23-43(37)50(46)44-24-12-21-39-38-20-11-19-35(47(38)51-48(39)44)33-15-5-2-6-16-33/h1-34H;1-30H.